The van der Waals surface area contributed by atoms with Crippen molar-refractivity contribution in [2.24, 2.45) is 35.0 Å². The second kappa shape index (κ2) is 15.9. The topological polar surface area (TPSA) is 87.7 Å². The maximum Gasteiger partial charge on any atom is 0.220 e. The van der Waals surface area contributed by atoms with Crippen molar-refractivity contribution in [2.45, 2.75) is 142 Å². The lowest BCUT2D eigenvalue weighted by molar-refractivity contribution is -0.122. The summed E-state index contributed by atoms with van der Waals surface area (Å²) in [5.74, 6) is 3.71. The van der Waals surface area contributed by atoms with Crippen LogP contribution in [0.15, 0.2) is 53.1 Å². The number of aryl methyl sites for hydroxylation is 1. The molecule has 7 heteroatoms. The molecule has 4 aliphatic carbocycles. The van der Waals surface area contributed by atoms with Crippen LogP contribution in [0.2, 0.25) is 0 Å². The molecule has 2 aliphatic heterocycles. The Hall–Kier alpha value is -2.77. The number of carbonyl (C=O) groups excluding carboxylic acids is 3. The summed E-state index contributed by atoms with van der Waals surface area (Å²) in [7, 11) is 0. The third kappa shape index (κ3) is 7.74. The van der Waals surface area contributed by atoms with Gasteiger partial charge in [-0.05, 0) is 118 Å². The van der Waals surface area contributed by atoms with E-state index in [1.807, 2.05) is 24.3 Å². The fourth-order valence-electron chi connectivity index (χ4n) is 12.0. The Bertz CT molecular complexity index is 1540. The van der Waals surface area contributed by atoms with Crippen molar-refractivity contribution in [3.05, 3.63) is 58.7 Å². The number of ketones is 1. The van der Waals surface area contributed by atoms with E-state index in [-0.39, 0.29) is 28.9 Å². The lowest BCUT2D eigenvalue weighted by Crippen LogP contribution is -2.53. The van der Waals surface area contributed by atoms with Crippen LogP contribution in [0, 0.1) is 35.0 Å². The van der Waals surface area contributed by atoms with Gasteiger partial charge in [0.15, 0.2) is 5.78 Å². The summed E-state index contributed by atoms with van der Waals surface area (Å²) in [6.45, 7) is 13.0. The second-order valence-corrected chi connectivity index (χ2v) is 18.0. The minimum absolute atomic E-state index is 0.0972. The number of nitrogens with zero attached hydrogens (tertiary/aromatic N) is 1. The molecular weight excluding hydrogens is 647 g/mol. The molecular formula is C45H65N3O4. The molecule has 0 bridgehead atoms. The zero-order valence-electron chi connectivity index (χ0n) is 32.5. The van der Waals surface area contributed by atoms with Crippen molar-refractivity contribution in [3.8, 4) is 0 Å². The molecule has 0 aromatic heterocycles. The smallest absolute Gasteiger partial charge is 0.220 e. The summed E-state index contributed by atoms with van der Waals surface area (Å²) >= 11 is 0. The predicted octanol–water partition coefficient (Wildman–Crippen LogP) is 7.74. The molecule has 1 spiro atoms. The molecule has 9 atom stereocenters. The third-order valence-electron chi connectivity index (χ3n) is 14.8. The number of likely N-dealkylation sites (tertiary alicyclic amines) is 1. The second-order valence-electron chi connectivity index (χ2n) is 18.0. The quantitative estimate of drug-likeness (QED) is 0.171. The Morgan fingerprint density at radius 3 is 2.58 bits per heavy atom. The van der Waals surface area contributed by atoms with E-state index >= 15 is 0 Å². The maximum absolute atomic E-state index is 12.8. The van der Waals surface area contributed by atoms with Crippen molar-refractivity contribution < 1.29 is 19.1 Å². The number of unbranched alkanes of at least 4 members (excludes halogenated alkanes) is 2. The lowest BCUT2D eigenvalue weighted by Gasteiger charge is -2.48. The van der Waals surface area contributed by atoms with Gasteiger partial charge in [-0.2, -0.15) is 0 Å². The molecule has 0 unspecified atom stereocenters. The summed E-state index contributed by atoms with van der Waals surface area (Å²) < 4.78 is 7.30. The molecule has 2 saturated heterocycles. The average Bonchev–Trinajstić information content (AvgIpc) is 3.59. The molecule has 4 fully saturated rings. The van der Waals surface area contributed by atoms with Gasteiger partial charge in [-0.3, -0.25) is 19.3 Å². The van der Waals surface area contributed by atoms with Crippen LogP contribution in [0.5, 0.6) is 0 Å². The van der Waals surface area contributed by atoms with E-state index in [4.69, 9.17) is 4.74 Å². The van der Waals surface area contributed by atoms with Crippen LogP contribution in [0.4, 0.5) is 0 Å². The van der Waals surface area contributed by atoms with Crippen molar-refractivity contribution in [1.82, 2.24) is 15.5 Å². The standard InChI is InChI=1S/C45H65N3O4/c1-30-25-40-43(48(29-30)24-23-47-41(50)13-9-6-10-22-46-42(51)17-14-33-11-7-5-8-12-33)32(3)45(52-40)21-19-36-37-16-15-34-26-35(49)18-20-44(34,4)39(37)27-38(36)31(2)28-45/h5,7-8,11-12,26,30,32,36-37,39-40,43H,6,9-10,13-25,27-29H2,1-4H3,(H,46,51)(H,47,50)/t30-,32+,36-,37-,39-,40+,43-,44-,45-/m0/s1. The SMILES string of the molecule is CC1=C2C[C@H]3[C@@H](CCC4=CC(=O)CC[C@@]43C)[C@@H]2CC[C@@]2(C1)O[C@@H]1C[C@H](C)CN(CCNC(=O)CCCCCNC(=O)CCc3ccccc3)[C@H]1[C@H]2C. The van der Waals surface area contributed by atoms with Crippen LogP contribution in [-0.4, -0.2) is 66.4 Å². The first-order valence-corrected chi connectivity index (χ1v) is 21.0. The number of carbonyl (C=O) groups is 3. The minimum atomic E-state index is -0.0972. The molecule has 2 heterocycles. The highest BCUT2D eigenvalue weighted by Gasteiger charge is 2.59. The van der Waals surface area contributed by atoms with Crippen molar-refractivity contribution >= 4 is 17.6 Å². The van der Waals surface area contributed by atoms with E-state index in [0.29, 0.717) is 61.4 Å². The first kappa shape index (κ1) is 37.5. The highest BCUT2D eigenvalue weighted by Crippen LogP contribution is 2.64. The number of hydrogen-bond acceptors (Lipinski definition) is 5. The largest absolute Gasteiger partial charge is 0.369 e. The highest BCUT2D eigenvalue weighted by molar-refractivity contribution is 5.91. The zero-order chi connectivity index (χ0) is 36.5. The highest BCUT2D eigenvalue weighted by atomic mass is 16.5. The van der Waals surface area contributed by atoms with E-state index < -0.39 is 0 Å². The van der Waals surface area contributed by atoms with E-state index in [0.717, 1.165) is 83.2 Å². The third-order valence-corrected chi connectivity index (χ3v) is 14.8. The summed E-state index contributed by atoms with van der Waals surface area (Å²) in [6.07, 6.45) is 16.7. The van der Waals surface area contributed by atoms with E-state index in [1.165, 1.54) is 30.4 Å². The van der Waals surface area contributed by atoms with E-state index in [9.17, 15) is 14.4 Å². The first-order chi connectivity index (χ1) is 25.1. The van der Waals surface area contributed by atoms with Crippen LogP contribution in [0.1, 0.15) is 123 Å². The Balaban J connectivity index is 0.871. The fourth-order valence-corrected chi connectivity index (χ4v) is 12.0. The number of rotatable bonds is 12. The van der Waals surface area contributed by atoms with Gasteiger partial charge in [0.25, 0.3) is 0 Å². The van der Waals surface area contributed by atoms with Crippen LogP contribution < -0.4 is 10.6 Å². The monoisotopic (exact) mass is 711 g/mol. The Morgan fingerprint density at radius 1 is 0.962 bits per heavy atom. The number of nitrogens with one attached hydrogen (secondary N) is 2. The Morgan fingerprint density at radius 2 is 1.75 bits per heavy atom. The molecule has 2 N–H and O–H groups in total. The summed E-state index contributed by atoms with van der Waals surface area (Å²) in [6, 6.07) is 10.5. The zero-order valence-corrected chi connectivity index (χ0v) is 32.5. The van der Waals surface area contributed by atoms with E-state index in [1.54, 1.807) is 11.1 Å². The molecule has 7 rings (SSSR count). The van der Waals surface area contributed by atoms with Gasteiger partial charge >= 0.3 is 0 Å². The number of benzene rings is 1. The van der Waals surface area contributed by atoms with Gasteiger partial charge in [0, 0.05) is 57.4 Å². The van der Waals surface area contributed by atoms with Crippen LogP contribution in [-0.2, 0) is 25.5 Å². The van der Waals surface area contributed by atoms with Gasteiger partial charge in [0.2, 0.25) is 11.8 Å². The maximum atomic E-state index is 12.8. The van der Waals surface area contributed by atoms with Crippen molar-refractivity contribution in [3.63, 3.8) is 0 Å². The van der Waals surface area contributed by atoms with Crippen LogP contribution in [0.25, 0.3) is 0 Å². The van der Waals surface area contributed by atoms with Crippen molar-refractivity contribution in [2.75, 3.05) is 26.2 Å². The molecule has 7 nitrogen and oxygen atoms in total. The van der Waals surface area contributed by atoms with Gasteiger partial charge in [-0.15, -0.1) is 0 Å². The number of fused-ring (bicyclic) bond motifs is 6. The molecule has 52 heavy (non-hydrogen) atoms. The lowest BCUT2D eigenvalue weighted by atomic mass is 9.56. The van der Waals surface area contributed by atoms with Crippen LogP contribution in [0.3, 0.4) is 0 Å². The number of piperidine rings is 1. The molecule has 2 amide bonds. The van der Waals surface area contributed by atoms with Gasteiger partial charge in [0.1, 0.15) is 0 Å². The normalized spacial score (nSPS) is 35.7. The van der Waals surface area contributed by atoms with E-state index in [2.05, 4.69) is 55.4 Å². The first-order valence-electron chi connectivity index (χ1n) is 21.0. The fraction of sp³-hybridized carbons (Fsp3) is 0.711. The van der Waals surface area contributed by atoms with Gasteiger partial charge < -0.3 is 15.4 Å². The van der Waals surface area contributed by atoms with Gasteiger partial charge in [-0.25, -0.2) is 0 Å². The number of amides is 2. The average molecular weight is 712 g/mol. The number of hydrogen-bond donors (Lipinski definition) is 2. The van der Waals surface area contributed by atoms with Gasteiger partial charge in [0.05, 0.1) is 11.7 Å². The molecule has 284 valence electrons. The molecule has 1 aromatic rings. The molecule has 1 aromatic carbocycles. The summed E-state index contributed by atoms with van der Waals surface area (Å²) in [5, 5.41) is 6.25. The minimum Gasteiger partial charge on any atom is -0.369 e. The predicted molar refractivity (Wildman–Crippen MR) is 206 cm³/mol. The molecule has 0 radical (unpaired) electrons. The molecule has 6 aliphatic rings. The number of allylic oxidation sites excluding steroid dienone is 3. The van der Waals surface area contributed by atoms with Gasteiger partial charge in [-0.1, -0.05) is 74.2 Å². The Labute approximate surface area is 313 Å². The summed E-state index contributed by atoms with van der Waals surface area (Å²) in [4.78, 5) is 39.9. The van der Waals surface area contributed by atoms with Crippen molar-refractivity contribution in [1.29, 1.82) is 0 Å². The molecule has 2 saturated carbocycles. The Kier molecular flexibility index (Phi) is 11.5. The summed E-state index contributed by atoms with van der Waals surface area (Å²) in [5.41, 5.74) is 6.08. The number of ether oxygens (including phenoxy) is 1. The van der Waals surface area contributed by atoms with Crippen LogP contribution >= 0.6 is 0 Å².